The van der Waals surface area contributed by atoms with E-state index in [-0.39, 0.29) is 4.87 Å². The molecule has 5 heteroatoms. The van der Waals surface area contributed by atoms with Gasteiger partial charge in [-0.15, -0.1) is 0 Å². The van der Waals surface area contributed by atoms with Crippen molar-refractivity contribution in [3.8, 4) is 0 Å². The van der Waals surface area contributed by atoms with Gasteiger partial charge in [-0.1, -0.05) is 35.6 Å². The second-order valence-corrected chi connectivity index (χ2v) is 5.25. The molecule has 0 fully saturated rings. The van der Waals surface area contributed by atoms with E-state index in [1.54, 1.807) is 6.07 Å². The predicted octanol–water partition coefficient (Wildman–Crippen LogP) is 2.85. The highest BCUT2D eigenvalue weighted by atomic mass is 32.1. The van der Waals surface area contributed by atoms with Crippen LogP contribution >= 0.6 is 11.3 Å². The molecule has 0 atom stereocenters. The third kappa shape index (κ3) is 1.39. The van der Waals surface area contributed by atoms with Crippen molar-refractivity contribution in [2.24, 2.45) is 0 Å². The number of nitrogens with one attached hydrogen (secondary N) is 1. The molecule has 0 aliphatic carbocycles. The van der Waals surface area contributed by atoms with Crippen LogP contribution in [0.25, 0.3) is 32.0 Å². The summed E-state index contributed by atoms with van der Waals surface area (Å²) in [6.45, 7) is 0. The van der Waals surface area contributed by atoms with E-state index in [1.165, 1.54) is 0 Å². The smallest absolute Gasteiger partial charge is 0.345 e. The second-order valence-electron chi connectivity index (χ2n) is 4.27. The van der Waals surface area contributed by atoms with Gasteiger partial charge in [0.15, 0.2) is 0 Å². The van der Waals surface area contributed by atoms with Gasteiger partial charge in [0, 0.05) is 10.8 Å². The van der Waals surface area contributed by atoms with E-state index >= 15 is 0 Å². The van der Waals surface area contributed by atoms with Gasteiger partial charge in [0.25, 0.3) is 0 Å². The van der Waals surface area contributed by atoms with Crippen LogP contribution in [0.4, 0.5) is 0 Å². The van der Waals surface area contributed by atoms with Gasteiger partial charge in [-0.05, 0) is 12.1 Å². The molecule has 2 aromatic heterocycles. The molecular formula is C14H7NO3S. The van der Waals surface area contributed by atoms with Gasteiger partial charge in [-0.3, -0.25) is 4.79 Å². The van der Waals surface area contributed by atoms with Gasteiger partial charge in [0.05, 0.1) is 15.6 Å². The van der Waals surface area contributed by atoms with Gasteiger partial charge in [0.2, 0.25) is 0 Å². The van der Waals surface area contributed by atoms with E-state index in [4.69, 9.17) is 4.42 Å². The van der Waals surface area contributed by atoms with Crippen molar-refractivity contribution in [3.05, 3.63) is 56.5 Å². The molecule has 1 N–H and O–H groups in total. The lowest BCUT2D eigenvalue weighted by Gasteiger charge is -2.02. The van der Waals surface area contributed by atoms with Crippen molar-refractivity contribution in [1.29, 1.82) is 0 Å². The number of para-hydroxylation sites is 1. The highest BCUT2D eigenvalue weighted by molar-refractivity contribution is 7.17. The monoisotopic (exact) mass is 269 g/mol. The van der Waals surface area contributed by atoms with Gasteiger partial charge in [-0.2, -0.15) is 0 Å². The number of benzene rings is 2. The zero-order chi connectivity index (χ0) is 13.0. The quantitative estimate of drug-likeness (QED) is 0.394. The van der Waals surface area contributed by atoms with Crippen molar-refractivity contribution in [3.63, 3.8) is 0 Å². The summed E-state index contributed by atoms with van der Waals surface area (Å²) < 4.78 is 5.98. The molecule has 0 spiro atoms. The molecule has 2 aromatic carbocycles. The summed E-state index contributed by atoms with van der Waals surface area (Å²) >= 11 is 1.03. The molecular weight excluding hydrogens is 262 g/mol. The summed E-state index contributed by atoms with van der Waals surface area (Å²) in [4.78, 5) is 26.1. The Morgan fingerprint density at radius 2 is 1.84 bits per heavy atom. The van der Waals surface area contributed by atoms with Crippen LogP contribution < -0.4 is 10.5 Å². The van der Waals surface area contributed by atoms with Crippen molar-refractivity contribution >= 4 is 43.3 Å². The highest BCUT2D eigenvalue weighted by Gasteiger charge is 2.12. The largest absolute Gasteiger partial charge is 0.422 e. The van der Waals surface area contributed by atoms with Crippen LogP contribution in [0, 0.1) is 0 Å². The average molecular weight is 269 g/mol. The molecule has 0 aliphatic rings. The molecule has 19 heavy (non-hydrogen) atoms. The molecule has 0 saturated heterocycles. The maximum absolute atomic E-state index is 12.1. The Kier molecular flexibility index (Phi) is 1.97. The third-order valence-electron chi connectivity index (χ3n) is 3.17. The van der Waals surface area contributed by atoms with Crippen molar-refractivity contribution < 1.29 is 4.42 Å². The van der Waals surface area contributed by atoms with Crippen LogP contribution in [-0.4, -0.2) is 4.98 Å². The van der Waals surface area contributed by atoms with Gasteiger partial charge in [0.1, 0.15) is 5.58 Å². The molecule has 4 rings (SSSR count). The lowest BCUT2D eigenvalue weighted by Crippen LogP contribution is -1.99. The predicted molar refractivity (Wildman–Crippen MR) is 76.0 cm³/mol. The molecule has 0 aliphatic heterocycles. The van der Waals surface area contributed by atoms with E-state index in [1.807, 2.05) is 30.3 Å². The number of thiazole rings is 1. The third-order valence-corrected chi connectivity index (χ3v) is 4.09. The molecule has 0 saturated carbocycles. The molecule has 0 radical (unpaired) electrons. The molecule has 0 unspecified atom stereocenters. The first-order chi connectivity index (χ1) is 9.24. The first kappa shape index (κ1) is 10.5. The molecule has 2 heterocycles. The summed E-state index contributed by atoms with van der Waals surface area (Å²) in [6, 6.07) is 11.1. The van der Waals surface area contributed by atoms with Crippen LogP contribution in [0.5, 0.6) is 0 Å². The van der Waals surface area contributed by atoms with E-state index < -0.39 is 5.63 Å². The second kappa shape index (κ2) is 3.55. The lowest BCUT2D eigenvalue weighted by molar-refractivity contribution is 0.570. The zero-order valence-corrected chi connectivity index (χ0v) is 10.4. The van der Waals surface area contributed by atoms with E-state index in [9.17, 15) is 9.59 Å². The number of aromatic amines is 1. The summed E-state index contributed by atoms with van der Waals surface area (Å²) in [7, 11) is 0. The average Bonchev–Trinajstić information content (AvgIpc) is 2.78. The summed E-state index contributed by atoms with van der Waals surface area (Å²) in [5.41, 5.74) is 0.821. The van der Waals surface area contributed by atoms with Crippen LogP contribution in [0.2, 0.25) is 0 Å². The van der Waals surface area contributed by atoms with Crippen molar-refractivity contribution in [2.75, 3.05) is 0 Å². The lowest BCUT2D eigenvalue weighted by atomic mass is 10.1. The van der Waals surface area contributed by atoms with Crippen LogP contribution in [-0.2, 0) is 0 Å². The van der Waals surface area contributed by atoms with E-state index in [2.05, 4.69) is 4.98 Å². The molecule has 92 valence electrons. The number of hydrogen-bond donors (Lipinski definition) is 1. The minimum absolute atomic E-state index is 0.171. The minimum atomic E-state index is -0.408. The summed E-state index contributed by atoms with van der Waals surface area (Å²) in [6.07, 6.45) is 0. The summed E-state index contributed by atoms with van der Waals surface area (Å²) in [5.74, 6) is 0. The minimum Gasteiger partial charge on any atom is -0.422 e. The first-order valence-electron chi connectivity index (χ1n) is 5.71. The number of H-pyrrole nitrogens is 1. The molecule has 4 aromatic rings. The Labute approximate surface area is 109 Å². The fraction of sp³-hybridized carbons (Fsp3) is 0. The SMILES string of the molecule is O=c1[nH]c2ccc3c4ccccc4oc(=O)c3c2s1. The van der Waals surface area contributed by atoms with Crippen molar-refractivity contribution in [2.45, 2.75) is 0 Å². The molecule has 0 amide bonds. The number of aromatic nitrogens is 1. The van der Waals surface area contributed by atoms with Gasteiger partial charge >= 0.3 is 10.5 Å². The van der Waals surface area contributed by atoms with Crippen molar-refractivity contribution in [1.82, 2.24) is 4.98 Å². The standard InChI is InChI=1S/C14H7NO3S/c16-13-11-8(7-3-1-2-4-10(7)18-13)5-6-9-12(11)19-14(17)15-9/h1-6H,(H,15,17). The number of fused-ring (bicyclic) bond motifs is 5. The fourth-order valence-corrected chi connectivity index (χ4v) is 3.24. The highest BCUT2D eigenvalue weighted by Crippen LogP contribution is 2.28. The maximum Gasteiger partial charge on any atom is 0.345 e. The normalized spacial score (nSPS) is 11.6. The molecule has 0 bridgehead atoms. The maximum atomic E-state index is 12.1. The Hall–Kier alpha value is -2.40. The van der Waals surface area contributed by atoms with E-state index in [0.717, 1.165) is 22.1 Å². The van der Waals surface area contributed by atoms with E-state index in [0.29, 0.717) is 21.2 Å². The zero-order valence-electron chi connectivity index (χ0n) is 9.60. The van der Waals surface area contributed by atoms with Crippen LogP contribution in [0.15, 0.2) is 50.4 Å². The Morgan fingerprint density at radius 1 is 1.00 bits per heavy atom. The molecule has 4 nitrogen and oxygen atoms in total. The summed E-state index contributed by atoms with van der Waals surface area (Å²) in [5, 5.41) is 2.16. The van der Waals surface area contributed by atoms with Gasteiger partial charge < -0.3 is 9.40 Å². The number of rotatable bonds is 0. The van der Waals surface area contributed by atoms with Gasteiger partial charge in [-0.25, -0.2) is 4.79 Å². The Balaban J connectivity index is 2.42. The topological polar surface area (TPSA) is 63.1 Å². The van der Waals surface area contributed by atoms with Crippen LogP contribution in [0.1, 0.15) is 0 Å². The Bertz CT molecular complexity index is 1060. The Morgan fingerprint density at radius 3 is 2.74 bits per heavy atom. The number of hydrogen-bond acceptors (Lipinski definition) is 4. The first-order valence-corrected chi connectivity index (χ1v) is 6.53. The fourth-order valence-electron chi connectivity index (χ4n) is 2.37. The van der Waals surface area contributed by atoms with Crippen LogP contribution in [0.3, 0.4) is 0 Å².